The molecule has 0 spiro atoms. The van der Waals surface area contributed by atoms with Gasteiger partial charge >= 0.3 is 6.09 Å². The lowest BCUT2D eigenvalue weighted by molar-refractivity contribution is 0.0529. The van der Waals surface area contributed by atoms with E-state index < -0.39 is 23.3 Å². The highest BCUT2D eigenvalue weighted by Gasteiger charge is 2.15. The lowest BCUT2D eigenvalue weighted by atomic mass is 10.1. The van der Waals surface area contributed by atoms with Gasteiger partial charge in [-0.3, -0.25) is 4.79 Å². The zero-order chi connectivity index (χ0) is 16.8. The quantitative estimate of drug-likeness (QED) is 0.530. The number of rotatable bonds is 3. The molecule has 22 heavy (non-hydrogen) atoms. The Morgan fingerprint density at radius 2 is 2.00 bits per heavy atom. The number of halogens is 2. The molecular weight excluding hydrogens is 292 g/mol. The first-order chi connectivity index (χ1) is 10.2. The number of amides is 1. The number of carbonyl (C=O) groups excluding carboxylic acids is 2. The Balaban J connectivity index is 2.54. The molecule has 1 aromatic rings. The van der Waals surface area contributed by atoms with Gasteiger partial charge in [-0.2, -0.15) is 0 Å². The molecule has 1 aromatic carbocycles. The summed E-state index contributed by atoms with van der Waals surface area (Å²) in [6.07, 6.45) is -0.0855. The largest absolute Gasteiger partial charge is 0.444 e. The number of hydrogen-bond acceptors (Lipinski definition) is 3. The number of benzene rings is 1. The molecule has 118 valence electrons. The minimum atomic E-state index is -0.826. The molecule has 1 rings (SSSR count). The number of aldehydes is 1. The predicted molar refractivity (Wildman–Crippen MR) is 77.5 cm³/mol. The monoisotopic (exact) mass is 309 g/mol. The van der Waals surface area contributed by atoms with Gasteiger partial charge in [0.15, 0.2) is 6.29 Å². The van der Waals surface area contributed by atoms with Crippen molar-refractivity contribution >= 4 is 12.4 Å². The summed E-state index contributed by atoms with van der Waals surface area (Å²) in [5.41, 5.74) is -1.08. The fourth-order valence-electron chi connectivity index (χ4n) is 1.45. The molecule has 0 unspecified atom stereocenters. The Bertz CT molecular complexity index is 625. The van der Waals surface area contributed by atoms with E-state index in [4.69, 9.17) is 4.74 Å². The van der Waals surface area contributed by atoms with E-state index in [2.05, 4.69) is 17.2 Å². The van der Waals surface area contributed by atoms with Crippen LogP contribution in [0.25, 0.3) is 0 Å². The van der Waals surface area contributed by atoms with Crippen molar-refractivity contribution in [2.24, 2.45) is 0 Å². The third-order valence-electron chi connectivity index (χ3n) is 2.35. The van der Waals surface area contributed by atoms with Crippen LogP contribution in [0.4, 0.5) is 13.6 Å². The average Bonchev–Trinajstić information content (AvgIpc) is 2.39. The van der Waals surface area contributed by atoms with Gasteiger partial charge in [-0.1, -0.05) is 11.8 Å². The van der Waals surface area contributed by atoms with Crippen molar-refractivity contribution in [3.63, 3.8) is 0 Å². The molecular formula is C16H17F2NO3. The first-order valence-corrected chi connectivity index (χ1v) is 6.63. The second-order valence-corrected chi connectivity index (χ2v) is 5.45. The molecule has 1 N–H and O–H groups in total. The van der Waals surface area contributed by atoms with Gasteiger partial charge in [0.05, 0.1) is 11.1 Å². The zero-order valence-electron chi connectivity index (χ0n) is 12.6. The second-order valence-electron chi connectivity index (χ2n) is 5.45. The van der Waals surface area contributed by atoms with E-state index in [-0.39, 0.29) is 30.4 Å². The highest BCUT2D eigenvalue weighted by atomic mass is 19.1. The van der Waals surface area contributed by atoms with Crippen LogP contribution in [-0.4, -0.2) is 24.5 Å². The first kappa shape index (κ1) is 17.6. The standard InChI is InChI=1S/C16H17F2NO3/c1-16(2,3)22-15(21)19-7-5-4-6-11-8-14(18)12(10-20)9-13(11)17/h8-10H,5,7H2,1-3H3,(H,19,21). The molecule has 0 bridgehead atoms. The fourth-order valence-corrected chi connectivity index (χ4v) is 1.45. The van der Waals surface area contributed by atoms with Crippen LogP contribution in [0.2, 0.25) is 0 Å². The summed E-state index contributed by atoms with van der Waals surface area (Å²) in [7, 11) is 0. The molecule has 0 fully saturated rings. The number of alkyl carbamates (subject to hydrolysis) is 1. The Kier molecular flexibility index (Phi) is 6.05. The summed E-state index contributed by atoms with van der Waals surface area (Å²) in [4.78, 5) is 21.8. The molecule has 0 aliphatic rings. The molecule has 4 nitrogen and oxygen atoms in total. The van der Waals surface area contributed by atoms with Crippen LogP contribution in [0.5, 0.6) is 0 Å². The number of ether oxygens (including phenoxy) is 1. The van der Waals surface area contributed by atoms with Gasteiger partial charge < -0.3 is 10.1 Å². The fraction of sp³-hybridized carbons (Fsp3) is 0.375. The summed E-state index contributed by atoms with van der Waals surface area (Å²) < 4.78 is 31.9. The minimum Gasteiger partial charge on any atom is -0.444 e. The first-order valence-electron chi connectivity index (χ1n) is 6.63. The summed E-state index contributed by atoms with van der Waals surface area (Å²) in [5.74, 6) is 3.47. The number of carbonyl (C=O) groups is 2. The van der Waals surface area contributed by atoms with E-state index in [1.54, 1.807) is 20.8 Å². The molecule has 0 aliphatic heterocycles. The van der Waals surface area contributed by atoms with Crippen molar-refractivity contribution in [2.45, 2.75) is 32.8 Å². The van der Waals surface area contributed by atoms with Crippen LogP contribution in [0.3, 0.4) is 0 Å². The van der Waals surface area contributed by atoms with E-state index in [1.807, 2.05) is 0 Å². The molecule has 0 aromatic heterocycles. The molecule has 0 saturated heterocycles. The number of nitrogens with one attached hydrogen (secondary N) is 1. The second kappa shape index (κ2) is 7.55. The molecule has 0 atom stereocenters. The molecule has 6 heteroatoms. The summed E-state index contributed by atoms with van der Waals surface area (Å²) in [6, 6.07) is 1.67. The highest BCUT2D eigenvalue weighted by molar-refractivity contribution is 5.75. The lowest BCUT2D eigenvalue weighted by Crippen LogP contribution is -2.32. The van der Waals surface area contributed by atoms with Gasteiger partial charge in [0, 0.05) is 13.0 Å². The van der Waals surface area contributed by atoms with Crippen molar-refractivity contribution in [1.29, 1.82) is 0 Å². The summed E-state index contributed by atoms with van der Waals surface area (Å²) >= 11 is 0. The van der Waals surface area contributed by atoms with E-state index in [1.165, 1.54) is 0 Å². The molecule has 0 saturated carbocycles. The summed E-state index contributed by atoms with van der Waals surface area (Å²) in [6.45, 7) is 5.45. The Morgan fingerprint density at radius 1 is 1.32 bits per heavy atom. The van der Waals surface area contributed by atoms with Gasteiger partial charge in [-0.25, -0.2) is 13.6 Å². The van der Waals surface area contributed by atoms with Crippen molar-refractivity contribution in [3.05, 3.63) is 34.9 Å². The normalized spacial score (nSPS) is 10.4. The van der Waals surface area contributed by atoms with Crippen molar-refractivity contribution in [3.8, 4) is 11.8 Å². The van der Waals surface area contributed by atoms with E-state index in [9.17, 15) is 18.4 Å². The minimum absolute atomic E-state index is 0.139. The van der Waals surface area contributed by atoms with Gasteiger partial charge in [-0.05, 0) is 32.9 Å². The van der Waals surface area contributed by atoms with Gasteiger partial charge in [-0.15, -0.1) is 0 Å². The van der Waals surface area contributed by atoms with Crippen LogP contribution < -0.4 is 5.32 Å². The van der Waals surface area contributed by atoms with Gasteiger partial charge in [0.2, 0.25) is 0 Å². The number of hydrogen-bond donors (Lipinski definition) is 1. The SMILES string of the molecule is CC(C)(C)OC(=O)NCCC#Cc1cc(F)c(C=O)cc1F. The van der Waals surface area contributed by atoms with Crippen molar-refractivity contribution in [2.75, 3.05) is 6.54 Å². The lowest BCUT2D eigenvalue weighted by Gasteiger charge is -2.19. The average molecular weight is 309 g/mol. The van der Waals surface area contributed by atoms with Crippen LogP contribution in [0, 0.1) is 23.5 Å². The van der Waals surface area contributed by atoms with Crippen LogP contribution in [0.15, 0.2) is 12.1 Å². The summed E-state index contributed by atoms with van der Waals surface area (Å²) in [5, 5.41) is 2.49. The predicted octanol–water partition coefficient (Wildman–Crippen LogP) is 3.04. The van der Waals surface area contributed by atoms with Crippen LogP contribution in [-0.2, 0) is 4.74 Å². The Hall–Kier alpha value is -2.42. The van der Waals surface area contributed by atoms with Gasteiger partial charge in [0.25, 0.3) is 0 Å². The highest BCUT2D eigenvalue weighted by Crippen LogP contribution is 2.12. The van der Waals surface area contributed by atoms with E-state index >= 15 is 0 Å². The molecule has 0 heterocycles. The molecule has 0 aliphatic carbocycles. The topological polar surface area (TPSA) is 55.4 Å². The van der Waals surface area contributed by atoms with Gasteiger partial charge in [0.1, 0.15) is 17.2 Å². The maximum atomic E-state index is 13.5. The van der Waals surface area contributed by atoms with E-state index in [0.29, 0.717) is 0 Å². The third-order valence-corrected chi connectivity index (χ3v) is 2.35. The van der Waals surface area contributed by atoms with Crippen LogP contribution >= 0.6 is 0 Å². The third kappa shape index (κ3) is 5.92. The molecule has 1 amide bonds. The maximum absolute atomic E-state index is 13.5. The van der Waals surface area contributed by atoms with Crippen LogP contribution in [0.1, 0.15) is 43.1 Å². The van der Waals surface area contributed by atoms with Crippen molar-refractivity contribution in [1.82, 2.24) is 5.32 Å². The maximum Gasteiger partial charge on any atom is 0.407 e. The Labute approximate surface area is 127 Å². The van der Waals surface area contributed by atoms with E-state index in [0.717, 1.165) is 12.1 Å². The zero-order valence-corrected chi connectivity index (χ0v) is 12.6. The van der Waals surface area contributed by atoms with Crippen molar-refractivity contribution < 1.29 is 23.1 Å². The smallest absolute Gasteiger partial charge is 0.407 e. The molecule has 0 radical (unpaired) electrons. The Morgan fingerprint density at radius 3 is 2.59 bits per heavy atom.